The summed E-state index contributed by atoms with van der Waals surface area (Å²) in [5.41, 5.74) is -1.32. The number of allylic oxidation sites excluding steroid dienone is 1. The van der Waals surface area contributed by atoms with E-state index in [0.717, 1.165) is 0 Å². The minimum atomic E-state index is -3.61. The highest BCUT2D eigenvalue weighted by molar-refractivity contribution is 5.88. The third-order valence-electron chi connectivity index (χ3n) is 1.76. The van der Waals surface area contributed by atoms with E-state index in [1.807, 2.05) is 0 Å². The van der Waals surface area contributed by atoms with Crippen LogP contribution in [0.5, 0.6) is 0 Å². The fourth-order valence-electron chi connectivity index (χ4n) is 1.13. The monoisotopic (exact) mass is 230 g/mol. The maximum atomic E-state index is 10.6. The lowest BCUT2D eigenvalue weighted by Gasteiger charge is -2.15. The zero-order valence-electron chi connectivity index (χ0n) is 7.99. The SMILES string of the molecule is O=C(O)C(=C(O)Cc1ccco1)C(O)(O)O. The van der Waals surface area contributed by atoms with Crippen molar-refractivity contribution in [2.75, 3.05) is 0 Å². The van der Waals surface area contributed by atoms with Crippen molar-refractivity contribution >= 4 is 5.97 Å². The molecule has 0 aromatic carbocycles. The number of furan rings is 1. The van der Waals surface area contributed by atoms with E-state index in [1.165, 1.54) is 18.4 Å². The van der Waals surface area contributed by atoms with Gasteiger partial charge in [0.25, 0.3) is 0 Å². The summed E-state index contributed by atoms with van der Waals surface area (Å²) in [6.07, 6.45) is 0.922. The van der Waals surface area contributed by atoms with Gasteiger partial charge in [0.15, 0.2) is 5.57 Å². The molecule has 1 aromatic heterocycles. The Balaban J connectivity index is 3.03. The fraction of sp³-hybridized carbons (Fsp3) is 0.222. The van der Waals surface area contributed by atoms with Crippen molar-refractivity contribution in [3.8, 4) is 0 Å². The normalized spacial score (nSPS) is 13.4. The van der Waals surface area contributed by atoms with E-state index in [1.54, 1.807) is 0 Å². The second kappa shape index (κ2) is 4.35. The van der Waals surface area contributed by atoms with Gasteiger partial charge in [-0.1, -0.05) is 0 Å². The second-order valence-corrected chi connectivity index (χ2v) is 3.02. The summed E-state index contributed by atoms with van der Waals surface area (Å²) in [4.78, 5) is 10.6. The van der Waals surface area contributed by atoms with Gasteiger partial charge in [-0.25, -0.2) is 4.79 Å². The topological polar surface area (TPSA) is 131 Å². The van der Waals surface area contributed by atoms with Gasteiger partial charge in [-0.05, 0) is 12.1 Å². The van der Waals surface area contributed by atoms with Gasteiger partial charge >= 0.3 is 11.9 Å². The van der Waals surface area contributed by atoms with Crippen LogP contribution in [0.15, 0.2) is 34.1 Å². The van der Waals surface area contributed by atoms with Crippen molar-refractivity contribution in [2.45, 2.75) is 12.4 Å². The van der Waals surface area contributed by atoms with E-state index < -0.39 is 23.3 Å². The Bertz CT molecular complexity index is 396. The molecule has 0 atom stereocenters. The maximum absolute atomic E-state index is 10.6. The third kappa shape index (κ3) is 2.83. The van der Waals surface area contributed by atoms with Gasteiger partial charge in [-0.15, -0.1) is 0 Å². The summed E-state index contributed by atoms with van der Waals surface area (Å²) < 4.78 is 4.81. The minimum Gasteiger partial charge on any atom is -0.511 e. The lowest BCUT2D eigenvalue weighted by atomic mass is 10.1. The van der Waals surface area contributed by atoms with Gasteiger partial charge in [0, 0.05) is 0 Å². The summed E-state index contributed by atoms with van der Waals surface area (Å²) >= 11 is 0. The Kier molecular flexibility index (Phi) is 3.33. The standard InChI is InChI=1S/C9H10O7/c10-6(4-5-2-1-3-16-5)7(8(11)12)9(13,14)15/h1-3,10,13-15H,4H2,(H,11,12). The number of aliphatic hydroxyl groups excluding tert-OH is 1. The number of aliphatic hydroxyl groups is 4. The molecular weight excluding hydrogens is 220 g/mol. The first-order valence-corrected chi connectivity index (χ1v) is 4.17. The molecule has 0 bridgehead atoms. The van der Waals surface area contributed by atoms with Gasteiger partial charge in [-0.2, -0.15) is 0 Å². The van der Waals surface area contributed by atoms with Crippen molar-refractivity contribution in [3.63, 3.8) is 0 Å². The molecule has 0 aliphatic heterocycles. The van der Waals surface area contributed by atoms with E-state index in [4.69, 9.17) is 24.8 Å². The van der Waals surface area contributed by atoms with Crippen molar-refractivity contribution < 1.29 is 34.7 Å². The summed E-state index contributed by atoms with van der Waals surface area (Å²) in [5, 5.41) is 44.1. The van der Waals surface area contributed by atoms with E-state index >= 15 is 0 Å². The third-order valence-corrected chi connectivity index (χ3v) is 1.76. The molecule has 0 aliphatic carbocycles. The zero-order valence-corrected chi connectivity index (χ0v) is 7.99. The van der Waals surface area contributed by atoms with Crippen LogP contribution in [0.3, 0.4) is 0 Å². The number of hydrogen-bond acceptors (Lipinski definition) is 6. The molecule has 0 fully saturated rings. The largest absolute Gasteiger partial charge is 0.511 e. The van der Waals surface area contributed by atoms with E-state index in [2.05, 4.69) is 0 Å². The van der Waals surface area contributed by atoms with Gasteiger partial charge in [-0.3, -0.25) is 0 Å². The predicted octanol–water partition coefficient (Wildman–Crippen LogP) is -0.650. The molecule has 0 aliphatic rings. The molecule has 0 saturated carbocycles. The summed E-state index contributed by atoms with van der Waals surface area (Å²) in [6, 6.07) is 2.95. The Morgan fingerprint density at radius 3 is 2.31 bits per heavy atom. The Morgan fingerprint density at radius 2 is 1.94 bits per heavy atom. The molecule has 1 heterocycles. The van der Waals surface area contributed by atoms with Crippen LogP contribution in [0.25, 0.3) is 0 Å². The molecule has 88 valence electrons. The van der Waals surface area contributed by atoms with Gasteiger partial charge in [0.2, 0.25) is 0 Å². The summed E-state index contributed by atoms with van der Waals surface area (Å²) in [7, 11) is 0. The summed E-state index contributed by atoms with van der Waals surface area (Å²) in [5.74, 6) is -6.16. The van der Waals surface area contributed by atoms with Crippen molar-refractivity contribution in [3.05, 3.63) is 35.5 Å². The van der Waals surface area contributed by atoms with E-state index in [9.17, 15) is 9.90 Å². The molecule has 0 amide bonds. The Hall–Kier alpha value is -1.83. The van der Waals surface area contributed by atoms with E-state index in [0.29, 0.717) is 0 Å². The summed E-state index contributed by atoms with van der Waals surface area (Å²) in [6.45, 7) is 0. The molecule has 0 spiro atoms. The lowest BCUT2D eigenvalue weighted by molar-refractivity contribution is -0.283. The first-order valence-electron chi connectivity index (χ1n) is 4.17. The number of carbonyl (C=O) groups is 1. The number of carboxylic acid groups (broad SMARTS) is 1. The van der Waals surface area contributed by atoms with Gasteiger partial charge in [0.1, 0.15) is 11.5 Å². The second-order valence-electron chi connectivity index (χ2n) is 3.02. The molecule has 16 heavy (non-hydrogen) atoms. The predicted molar refractivity (Wildman–Crippen MR) is 49.1 cm³/mol. The van der Waals surface area contributed by atoms with E-state index in [-0.39, 0.29) is 12.2 Å². The van der Waals surface area contributed by atoms with Crippen LogP contribution in [-0.4, -0.2) is 37.5 Å². The lowest BCUT2D eigenvalue weighted by Crippen LogP contribution is -2.35. The highest BCUT2D eigenvalue weighted by Crippen LogP contribution is 2.18. The fourth-order valence-corrected chi connectivity index (χ4v) is 1.13. The molecular formula is C9H10O7. The minimum absolute atomic E-state index is 0.209. The molecule has 0 unspecified atom stereocenters. The average Bonchev–Trinajstić information content (AvgIpc) is 2.52. The van der Waals surface area contributed by atoms with Crippen LogP contribution in [0.1, 0.15) is 5.76 Å². The number of carboxylic acids is 1. The van der Waals surface area contributed by atoms with Crippen molar-refractivity contribution in [1.29, 1.82) is 0 Å². The van der Waals surface area contributed by atoms with Crippen LogP contribution in [0, 0.1) is 0 Å². The number of aliphatic carboxylic acids is 1. The number of hydrogen-bond donors (Lipinski definition) is 5. The molecule has 0 radical (unpaired) electrons. The zero-order chi connectivity index (χ0) is 12.3. The molecule has 5 N–H and O–H groups in total. The Morgan fingerprint density at radius 1 is 1.31 bits per heavy atom. The molecule has 1 aromatic rings. The quantitative estimate of drug-likeness (QED) is 0.264. The highest BCUT2D eigenvalue weighted by atomic mass is 16.7. The average molecular weight is 230 g/mol. The Labute approximate surface area is 89.5 Å². The van der Waals surface area contributed by atoms with Crippen LogP contribution in [-0.2, 0) is 11.2 Å². The van der Waals surface area contributed by atoms with Crippen LogP contribution >= 0.6 is 0 Å². The molecule has 7 heteroatoms. The van der Waals surface area contributed by atoms with Gasteiger partial charge < -0.3 is 29.9 Å². The van der Waals surface area contributed by atoms with Crippen molar-refractivity contribution in [2.24, 2.45) is 0 Å². The maximum Gasteiger partial charge on any atom is 0.343 e. The van der Waals surface area contributed by atoms with Crippen molar-refractivity contribution in [1.82, 2.24) is 0 Å². The number of rotatable bonds is 4. The first-order chi connectivity index (χ1) is 7.32. The molecule has 7 nitrogen and oxygen atoms in total. The van der Waals surface area contributed by atoms with Crippen LogP contribution in [0.2, 0.25) is 0 Å². The smallest absolute Gasteiger partial charge is 0.343 e. The highest BCUT2D eigenvalue weighted by Gasteiger charge is 2.35. The van der Waals surface area contributed by atoms with Crippen LogP contribution < -0.4 is 0 Å². The molecule has 0 saturated heterocycles. The van der Waals surface area contributed by atoms with Crippen LogP contribution in [0.4, 0.5) is 0 Å². The first kappa shape index (κ1) is 12.2. The molecule has 1 rings (SSSR count). The van der Waals surface area contributed by atoms with Gasteiger partial charge in [0.05, 0.1) is 12.7 Å².